The van der Waals surface area contributed by atoms with E-state index in [1.807, 2.05) is 45.0 Å². The summed E-state index contributed by atoms with van der Waals surface area (Å²) in [5, 5.41) is 0.679. The zero-order chi connectivity index (χ0) is 14.8. The highest BCUT2D eigenvalue weighted by Crippen LogP contribution is 2.61. The van der Waals surface area contributed by atoms with Gasteiger partial charge in [-0.1, -0.05) is 44.0 Å². The summed E-state index contributed by atoms with van der Waals surface area (Å²) in [5.41, 5.74) is -0.411. The molecule has 0 radical (unpaired) electrons. The van der Waals surface area contributed by atoms with Crippen LogP contribution in [0.25, 0.3) is 0 Å². The number of esters is 1. The van der Waals surface area contributed by atoms with Crippen LogP contribution in [0.15, 0.2) is 24.3 Å². The fraction of sp³-hybridized carbons (Fsp3) is 0.562. The second-order valence-electron chi connectivity index (χ2n) is 5.09. The van der Waals surface area contributed by atoms with E-state index < -0.39 is 11.2 Å². The Morgan fingerprint density at radius 1 is 1.25 bits per heavy atom. The van der Waals surface area contributed by atoms with Crippen molar-refractivity contribution in [3.8, 4) is 0 Å². The first-order valence-corrected chi connectivity index (χ1v) is 7.57. The van der Waals surface area contributed by atoms with Crippen molar-refractivity contribution in [3.63, 3.8) is 0 Å². The van der Waals surface area contributed by atoms with E-state index in [1.54, 1.807) is 0 Å². The molecule has 2 atom stereocenters. The van der Waals surface area contributed by atoms with Gasteiger partial charge in [-0.3, -0.25) is 0 Å². The first-order valence-electron chi connectivity index (χ1n) is 7.19. The van der Waals surface area contributed by atoms with Gasteiger partial charge in [0, 0.05) is 5.02 Å². The molecule has 0 spiro atoms. The van der Waals surface area contributed by atoms with Gasteiger partial charge in [0.1, 0.15) is 5.60 Å². The van der Waals surface area contributed by atoms with Gasteiger partial charge in [0.15, 0.2) is 5.60 Å². The highest BCUT2D eigenvalue weighted by Gasteiger charge is 2.74. The predicted molar refractivity (Wildman–Crippen MR) is 78.8 cm³/mol. The van der Waals surface area contributed by atoms with E-state index in [-0.39, 0.29) is 5.97 Å². The van der Waals surface area contributed by atoms with Crippen LogP contribution in [0.1, 0.15) is 45.6 Å². The molecule has 1 aliphatic heterocycles. The first kappa shape index (κ1) is 15.3. The van der Waals surface area contributed by atoms with E-state index in [9.17, 15) is 4.79 Å². The largest absolute Gasteiger partial charge is 0.464 e. The zero-order valence-electron chi connectivity index (χ0n) is 12.2. The lowest BCUT2D eigenvalue weighted by molar-refractivity contribution is -0.149. The maximum absolute atomic E-state index is 12.4. The Balaban J connectivity index is 2.36. The number of hydrogen-bond donors (Lipinski definition) is 0. The van der Waals surface area contributed by atoms with Gasteiger partial charge in [0.2, 0.25) is 0 Å². The summed E-state index contributed by atoms with van der Waals surface area (Å²) < 4.78 is 11.2. The maximum atomic E-state index is 12.4. The molecule has 1 saturated heterocycles. The number of carbonyl (C=O) groups excluding carboxylic acids is 1. The second-order valence-corrected chi connectivity index (χ2v) is 5.52. The summed E-state index contributed by atoms with van der Waals surface area (Å²) in [4.78, 5) is 12.4. The van der Waals surface area contributed by atoms with Crippen molar-refractivity contribution in [3.05, 3.63) is 34.9 Å². The Hall–Kier alpha value is -1.06. The lowest BCUT2D eigenvalue weighted by Crippen LogP contribution is -2.34. The van der Waals surface area contributed by atoms with E-state index in [0.29, 0.717) is 18.1 Å². The third-order valence-electron chi connectivity index (χ3n) is 3.97. The predicted octanol–water partition coefficient (Wildman–Crippen LogP) is 4.08. The molecule has 1 aliphatic rings. The number of hydrogen-bond acceptors (Lipinski definition) is 3. The Bertz CT molecular complexity index is 485. The molecule has 2 rings (SSSR count). The number of benzene rings is 1. The minimum atomic E-state index is -0.833. The molecule has 0 N–H and O–H groups in total. The first-order chi connectivity index (χ1) is 9.56. The molecule has 0 amide bonds. The minimum Gasteiger partial charge on any atom is -0.464 e. The smallest absolute Gasteiger partial charge is 0.341 e. The van der Waals surface area contributed by atoms with E-state index in [1.165, 1.54) is 0 Å². The molecule has 1 heterocycles. The normalized spacial score (nSPS) is 28.2. The van der Waals surface area contributed by atoms with E-state index in [4.69, 9.17) is 21.1 Å². The standard InChI is InChI=1S/C16H21ClO3/c1-4-11-16(14(18)19-6-3)15(5-2,20-16)12-7-9-13(17)10-8-12/h7-10H,4-6,11H2,1-3H3. The summed E-state index contributed by atoms with van der Waals surface area (Å²) in [6.45, 7) is 6.26. The number of ether oxygens (including phenoxy) is 2. The summed E-state index contributed by atoms with van der Waals surface area (Å²) in [6.07, 6.45) is 2.27. The molecule has 3 nitrogen and oxygen atoms in total. The van der Waals surface area contributed by atoms with Gasteiger partial charge >= 0.3 is 5.97 Å². The van der Waals surface area contributed by atoms with Crippen LogP contribution in [0, 0.1) is 0 Å². The fourth-order valence-corrected chi connectivity index (χ4v) is 3.13. The summed E-state index contributed by atoms with van der Waals surface area (Å²) in [7, 11) is 0. The van der Waals surface area contributed by atoms with Gasteiger partial charge in [-0.25, -0.2) is 4.79 Å². The summed E-state index contributed by atoms with van der Waals surface area (Å²) in [5.74, 6) is -0.251. The second kappa shape index (κ2) is 5.74. The molecule has 0 aliphatic carbocycles. The van der Waals surface area contributed by atoms with Gasteiger partial charge in [-0.15, -0.1) is 0 Å². The Kier molecular flexibility index (Phi) is 4.40. The van der Waals surface area contributed by atoms with Crippen molar-refractivity contribution >= 4 is 17.6 Å². The molecule has 0 aromatic heterocycles. The van der Waals surface area contributed by atoms with E-state index in [2.05, 4.69) is 0 Å². The number of rotatable bonds is 6. The summed E-state index contributed by atoms with van der Waals surface area (Å²) in [6, 6.07) is 7.53. The quantitative estimate of drug-likeness (QED) is 0.586. The van der Waals surface area contributed by atoms with Crippen LogP contribution in [0.4, 0.5) is 0 Å². The van der Waals surface area contributed by atoms with Crippen LogP contribution in [0.5, 0.6) is 0 Å². The molecular weight excluding hydrogens is 276 g/mol. The van der Waals surface area contributed by atoms with Crippen molar-refractivity contribution in [1.82, 2.24) is 0 Å². The molecule has 1 aromatic rings. The van der Waals surface area contributed by atoms with E-state index in [0.717, 1.165) is 18.4 Å². The Morgan fingerprint density at radius 2 is 1.90 bits per heavy atom. The molecule has 110 valence electrons. The van der Waals surface area contributed by atoms with Crippen molar-refractivity contribution in [1.29, 1.82) is 0 Å². The molecule has 20 heavy (non-hydrogen) atoms. The average molecular weight is 297 g/mol. The number of carbonyl (C=O) groups is 1. The van der Waals surface area contributed by atoms with Gasteiger partial charge in [0.25, 0.3) is 0 Å². The summed E-state index contributed by atoms with van der Waals surface area (Å²) >= 11 is 5.94. The lowest BCUT2D eigenvalue weighted by atomic mass is 9.81. The van der Waals surface area contributed by atoms with Crippen molar-refractivity contribution in [2.75, 3.05) is 6.61 Å². The number of halogens is 1. The molecule has 1 aromatic carbocycles. The molecule has 0 saturated carbocycles. The third-order valence-corrected chi connectivity index (χ3v) is 4.23. The highest BCUT2D eigenvalue weighted by atomic mass is 35.5. The Morgan fingerprint density at radius 3 is 2.40 bits per heavy atom. The van der Waals surface area contributed by atoms with Gasteiger partial charge in [-0.05, 0) is 37.5 Å². The zero-order valence-corrected chi connectivity index (χ0v) is 13.0. The van der Waals surface area contributed by atoms with Gasteiger partial charge in [0.05, 0.1) is 6.61 Å². The Labute approximate surface area is 125 Å². The molecular formula is C16H21ClO3. The molecule has 0 bridgehead atoms. The van der Waals surface area contributed by atoms with Crippen LogP contribution in [0.2, 0.25) is 5.02 Å². The van der Waals surface area contributed by atoms with Crippen LogP contribution in [0.3, 0.4) is 0 Å². The van der Waals surface area contributed by atoms with Crippen molar-refractivity contribution in [2.45, 2.75) is 51.2 Å². The highest BCUT2D eigenvalue weighted by molar-refractivity contribution is 6.30. The van der Waals surface area contributed by atoms with Crippen molar-refractivity contribution in [2.24, 2.45) is 0 Å². The van der Waals surface area contributed by atoms with Gasteiger partial charge < -0.3 is 9.47 Å². The van der Waals surface area contributed by atoms with Crippen LogP contribution in [-0.4, -0.2) is 18.2 Å². The average Bonchev–Trinajstić information content (AvgIpc) is 3.11. The van der Waals surface area contributed by atoms with Crippen LogP contribution < -0.4 is 0 Å². The number of epoxide rings is 1. The van der Waals surface area contributed by atoms with Crippen LogP contribution >= 0.6 is 11.6 Å². The fourth-order valence-electron chi connectivity index (χ4n) is 3.01. The SMILES string of the molecule is CCCC1(C(=O)OCC)OC1(CC)c1ccc(Cl)cc1. The maximum Gasteiger partial charge on any atom is 0.341 e. The molecule has 2 unspecified atom stereocenters. The van der Waals surface area contributed by atoms with Crippen LogP contribution in [-0.2, 0) is 19.9 Å². The third kappa shape index (κ3) is 2.23. The lowest BCUT2D eigenvalue weighted by Gasteiger charge is -2.18. The minimum absolute atomic E-state index is 0.251. The topological polar surface area (TPSA) is 38.8 Å². The molecule has 1 fully saturated rings. The van der Waals surface area contributed by atoms with Crippen molar-refractivity contribution < 1.29 is 14.3 Å². The monoisotopic (exact) mass is 296 g/mol. The van der Waals surface area contributed by atoms with E-state index >= 15 is 0 Å². The van der Waals surface area contributed by atoms with Gasteiger partial charge in [-0.2, -0.15) is 0 Å². The molecule has 4 heteroatoms.